The second kappa shape index (κ2) is 9.88. The molecule has 8 nitrogen and oxygen atoms in total. The Morgan fingerprint density at radius 2 is 1.82 bits per heavy atom. The van der Waals surface area contributed by atoms with E-state index >= 15 is 0 Å². The molecule has 1 atom stereocenters. The van der Waals surface area contributed by atoms with E-state index in [2.05, 4.69) is 22.2 Å². The van der Waals surface area contributed by atoms with Gasteiger partial charge in [-0.2, -0.15) is 0 Å². The zero-order valence-corrected chi connectivity index (χ0v) is 20.1. The van der Waals surface area contributed by atoms with Gasteiger partial charge in [0.05, 0.1) is 31.1 Å². The van der Waals surface area contributed by atoms with Crippen LogP contribution in [0.3, 0.4) is 0 Å². The Morgan fingerprint density at radius 3 is 2.48 bits per heavy atom. The van der Waals surface area contributed by atoms with Crippen molar-refractivity contribution in [3.05, 3.63) is 46.1 Å². The van der Waals surface area contributed by atoms with E-state index in [1.165, 1.54) is 60.9 Å². The van der Waals surface area contributed by atoms with Crippen molar-refractivity contribution in [3.63, 3.8) is 0 Å². The highest BCUT2D eigenvalue weighted by molar-refractivity contribution is 8.00. The fraction of sp³-hybridized carbons (Fsp3) is 0.348. The smallest absolute Gasteiger partial charge is 0.337 e. The van der Waals surface area contributed by atoms with Crippen molar-refractivity contribution in [1.29, 1.82) is 0 Å². The molecule has 3 aromatic rings. The maximum absolute atomic E-state index is 12.7. The van der Waals surface area contributed by atoms with Gasteiger partial charge < -0.3 is 14.8 Å². The molecule has 0 unspecified atom stereocenters. The molecule has 0 aliphatic heterocycles. The van der Waals surface area contributed by atoms with Gasteiger partial charge >= 0.3 is 11.9 Å². The SMILES string of the molecule is COC(=O)c1cc(NC(=O)CSc2ncnc3sc4c(c23)CC[C@H](C)C4)cc(C(=O)OC)c1. The highest BCUT2D eigenvalue weighted by Crippen LogP contribution is 2.40. The van der Waals surface area contributed by atoms with Gasteiger partial charge in [-0.3, -0.25) is 4.79 Å². The predicted octanol–water partition coefficient (Wildman–Crippen LogP) is 4.12. The highest BCUT2D eigenvalue weighted by Gasteiger charge is 2.23. The standard InChI is InChI=1S/C23H23N3O5S2/c1-12-4-5-16-17(6-12)33-21-19(16)20(24-11-25-21)32-10-18(27)26-15-8-13(22(28)30-2)7-14(9-15)23(29)31-3/h7-9,11-12H,4-6,10H2,1-3H3,(H,26,27)/t12-/m0/s1. The summed E-state index contributed by atoms with van der Waals surface area (Å²) >= 11 is 3.06. The molecular formula is C23H23N3O5S2. The summed E-state index contributed by atoms with van der Waals surface area (Å²) < 4.78 is 9.47. The average Bonchev–Trinajstić information content (AvgIpc) is 3.19. The molecule has 1 aromatic carbocycles. The summed E-state index contributed by atoms with van der Waals surface area (Å²) in [5.41, 5.74) is 1.89. The number of carbonyl (C=O) groups is 3. The zero-order valence-electron chi connectivity index (χ0n) is 18.5. The molecule has 1 aliphatic carbocycles. The van der Waals surface area contributed by atoms with Crippen LogP contribution >= 0.6 is 23.1 Å². The number of hydrogen-bond donors (Lipinski definition) is 1. The Morgan fingerprint density at radius 1 is 1.12 bits per heavy atom. The van der Waals surface area contributed by atoms with E-state index in [1.54, 1.807) is 11.3 Å². The van der Waals surface area contributed by atoms with Crippen LogP contribution in [-0.2, 0) is 27.1 Å². The summed E-state index contributed by atoms with van der Waals surface area (Å²) in [6.07, 6.45) is 4.73. The number of amides is 1. The summed E-state index contributed by atoms with van der Waals surface area (Å²) in [5, 5.41) is 4.60. The van der Waals surface area contributed by atoms with Crippen LogP contribution in [-0.4, -0.2) is 47.8 Å². The number of ether oxygens (including phenoxy) is 2. The fourth-order valence-electron chi connectivity index (χ4n) is 3.86. The van der Waals surface area contributed by atoms with E-state index < -0.39 is 11.9 Å². The first-order valence-electron chi connectivity index (χ1n) is 10.4. The van der Waals surface area contributed by atoms with Crippen LogP contribution in [0.2, 0.25) is 0 Å². The van der Waals surface area contributed by atoms with E-state index in [4.69, 9.17) is 9.47 Å². The van der Waals surface area contributed by atoms with Crippen LogP contribution in [0.4, 0.5) is 5.69 Å². The van der Waals surface area contributed by atoms with E-state index in [1.807, 2.05) is 0 Å². The number of aryl methyl sites for hydroxylation is 1. The number of nitrogens with one attached hydrogen (secondary N) is 1. The summed E-state index contributed by atoms with van der Waals surface area (Å²) in [6, 6.07) is 4.28. The van der Waals surface area contributed by atoms with Crippen molar-refractivity contribution in [1.82, 2.24) is 9.97 Å². The highest BCUT2D eigenvalue weighted by atomic mass is 32.2. The van der Waals surface area contributed by atoms with Gasteiger partial charge in [-0.05, 0) is 48.9 Å². The molecule has 172 valence electrons. The third kappa shape index (κ3) is 5.01. The van der Waals surface area contributed by atoms with Crippen molar-refractivity contribution in [2.24, 2.45) is 5.92 Å². The number of thioether (sulfide) groups is 1. The minimum atomic E-state index is -0.620. The van der Waals surface area contributed by atoms with Crippen molar-refractivity contribution < 1.29 is 23.9 Å². The topological polar surface area (TPSA) is 107 Å². The third-order valence-electron chi connectivity index (χ3n) is 5.46. The van der Waals surface area contributed by atoms with Crippen LogP contribution in [0.25, 0.3) is 10.2 Å². The molecular weight excluding hydrogens is 462 g/mol. The number of benzene rings is 1. The molecule has 2 heterocycles. The Kier molecular flexibility index (Phi) is 6.94. The van der Waals surface area contributed by atoms with Gasteiger partial charge in [0.25, 0.3) is 0 Å². The van der Waals surface area contributed by atoms with Crippen LogP contribution < -0.4 is 5.32 Å². The van der Waals surface area contributed by atoms with Gasteiger partial charge in [0.15, 0.2) is 0 Å². The van der Waals surface area contributed by atoms with Crippen LogP contribution in [0.1, 0.15) is 44.5 Å². The summed E-state index contributed by atoms with van der Waals surface area (Å²) in [4.78, 5) is 47.8. The molecule has 33 heavy (non-hydrogen) atoms. The third-order valence-corrected chi connectivity index (χ3v) is 7.61. The molecule has 1 aliphatic rings. The molecule has 1 N–H and O–H groups in total. The van der Waals surface area contributed by atoms with Gasteiger partial charge in [0.2, 0.25) is 5.91 Å². The molecule has 0 spiro atoms. The molecule has 2 aromatic heterocycles. The van der Waals surface area contributed by atoms with Crippen molar-refractivity contribution in [3.8, 4) is 0 Å². The van der Waals surface area contributed by atoms with Gasteiger partial charge in [-0.25, -0.2) is 19.6 Å². The van der Waals surface area contributed by atoms with Gasteiger partial charge in [0, 0.05) is 16.0 Å². The zero-order chi connectivity index (χ0) is 23.5. The lowest BCUT2D eigenvalue weighted by Crippen LogP contribution is -2.16. The Hall–Kier alpha value is -2.98. The number of aromatic nitrogens is 2. The van der Waals surface area contributed by atoms with Crippen molar-refractivity contribution in [2.75, 3.05) is 25.3 Å². The minimum Gasteiger partial charge on any atom is -0.465 e. The number of rotatable bonds is 6. The molecule has 0 saturated carbocycles. The predicted molar refractivity (Wildman–Crippen MR) is 127 cm³/mol. The fourth-order valence-corrected chi connectivity index (χ4v) is 6.10. The monoisotopic (exact) mass is 485 g/mol. The number of carbonyl (C=O) groups excluding carboxylic acids is 3. The molecule has 4 rings (SSSR count). The Labute approximate surface area is 199 Å². The van der Waals surface area contributed by atoms with Gasteiger partial charge in [-0.1, -0.05) is 18.7 Å². The first-order chi connectivity index (χ1) is 15.9. The minimum absolute atomic E-state index is 0.114. The van der Waals surface area contributed by atoms with Crippen LogP contribution in [0, 0.1) is 5.92 Å². The lowest BCUT2D eigenvalue weighted by molar-refractivity contribution is -0.113. The van der Waals surface area contributed by atoms with Crippen molar-refractivity contribution in [2.45, 2.75) is 31.2 Å². The van der Waals surface area contributed by atoms with Gasteiger partial charge in [-0.15, -0.1) is 11.3 Å². The van der Waals surface area contributed by atoms with E-state index in [0.717, 1.165) is 34.5 Å². The lowest BCUT2D eigenvalue weighted by atomic mass is 9.89. The maximum Gasteiger partial charge on any atom is 0.337 e. The number of methoxy groups -OCH3 is 2. The number of thiophene rings is 1. The van der Waals surface area contributed by atoms with E-state index in [-0.39, 0.29) is 22.8 Å². The number of nitrogens with zero attached hydrogens (tertiary/aromatic N) is 2. The first-order valence-corrected chi connectivity index (χ1v) is 12.2. The van der Waals surface area contributed by atoms with Crippen LogP contribution in [0.15, 0.2) is 29.6 Å². The number of esters is 2. The maximum atomic E-state index is 12.7. The van der Waals surface area contributed by atoms with Gasteiger partial charge in [0.1, 0.15) is 16.2 Å². The Balaban J connectivity index is 1.52. The largest absolute Gasteiger partial charge is 0.465 e. The first kappa shape index (κ1) is 23.2. The van der Waals surface area contributed by atoms with Crippen LogP contribution in [0.5, 0.6) is 0 Å². The Bertz CT molecular complexity index is 1210. The second-order valence-corrected chi connectivity index (χ2v) is 9.88. The average molecular weight is 486 g/mol. The normalized spacial score (nSPS) is 15.1. The summed E-state index contributed by atoms with van der Waals surface area (Å²) in [5.74, 6) is -0.752. The summed E-state index contributed by atoms with van der Waals surface area (Å²) in [6.45, 7) is 2.26. The molecule has 0 bridgehead atoms. The molecule has 10 heteroatoms. The molecule has 0 radical (unpaired) electrons. The van der Waals surface area contributed by atoms with E-state index in [9.17, 15) is 14.4 Å². The quantitative estimate of drug-likeness (QED) is 0.316. The summed E-state index contributed by atoms with van der Waals surface area (Å²) in [7, 11) is 2.49. The number of hydrogen-bond acceptors (Lipinski definition) is 9. The number of fused-ring (bicyclic) bond motifs is 3. The lowest BCUT2D eigenvalue weighted by Gasteiger charge is -2.18. The molecule has 0 saturated heterocycles. The molecule has 0 fully saturated rings. The van der Waals surface area contributed by atoms with Crippen molar-refractivity contribution >= 4 is 56.8 Å². The number of anilines is 1. The van der Waals surface area contributed by atoms with E-state index in [0.29, 0.717) is 11.6 Å². The molecule has 1 amide bonds. The second-order valence-electron chi connectivity index (χ2n) is 7.83.